The van der Waals surface area contributed by atoms with Gasteiger partial charge >= 0.3 is 0 Å². The van der Waals surface area contributed by atoms with Gasteiger partial charge in [-0.05, 0) is 80.8 Å². The summed E-state index contributed by atoms with van der Waals surface area (Å²) in [5.41, 5.74) is 7.57. The monoisotopic (exact) mass is 727 g/mol. The maximum Gasteiger partial charge on any atom is 0.172 e. The van der Waals surface area contributed by atoms with Crippen molar-refractivity contribution < 1.29 is 47.8 Å². The summed E-state index contributed by atoms with van der Waals surface area (Å²) in [5.74, 6) is -0.272. The van der Waals surface area contributed by atoms with E-state index in [9.17, 15) is 9.90 Å². The smallest absolute Gasteiger partial charge is 0.172 e. The lowest BCUT2D eigenvalue weighted by molar-refractivity contribution is -0.294. The third-order valence-corrected chi connectivity index (χ3v) is 14.6. The molecule has 0 aromatic rings. The summed E-state index contributed by atoms with van der Waals surface area (Å²) in [6, 6.07) is 0. The number of ketones is 1. The van der Waals surface area contributed by atoms with Crippen LogP contribution in [0.15, 0.2) is 24.3 Å². The van der Waals surface area contributed by atoms with Crippen LogP contribution in [0.2, 0.25) is 0 Å². The van der Waals surface area contributed by atoms with Crippen molar-refractivity contribution in [2.24, 2.45) is 23.5 Å². The number of carbonyl (C=O) groups is 1. The Hall–Kier alpha value is -1.25. The molecule has 11 nitrogen and oxygen atoms in total. The molecule has 11 heteroatoms. The van der Waals surface area contributed by atoms with Crippen LogP contribution in [-0.2, 0) is 42.7 Å². The fraction of sp³-hybridized carbons (Fsp3) is 0.878. The van der Waals surface area contributed by atoms with Gasteiger partial charge in [0.1, 0.15) is 41.9 Å². The number of nitrogens with two attached hydrogens (primary N) is 1. The number of Topliss-reactive ketones (excluding diaryl/α,β-unsaturated/α-hetero) is 1. The Morgan fingerprint density at radius 2 is 1.58 bits per heavy atom. The van der Waals surface area contributed by atoms with E-state index in [0.29, 0.717) is 44.4 Å². The minimum atomic E-state index is -0.803. The van der Waals surface area contributed by atoms with Crippen molar-refractivity contribution >= 4 is 5.78 Å². The summed E-state index contributed by atoms with van der Waals surface area (Å²) < 4.78 is 54.5. The number of carbonyl (C=O) groups excluding carboxylic acids is 1. The van der Waals surface area contributed by atoms with Crippen molar-refractivity contribution in [2.75, 3.05) is 6.54 Å². The first-order valence-corrected chi connectivity index (χ1v) is 20.5. The number of ether oxygens (including phenoxy) is 8. The Kier molecular flexibility index (Phi) is 9.62. The Bertz CT molecular complexity index is 1410. The first-order chi connectivity index (χ1) is 24.9. The first kappa shape index (κ1) is 36.4. The van der Waals surface area contributed by atoms with Crippen LogP contribution in [-0.4, -0.2) is 114 Å². The summed E-state index contributed by atoms with van der Waals surface area (Å²) in [4.78, 5) is 14.0. The average Bonchev–Trinajstić information content (AvgIpc) is 3.73. The van der Waals surface area contributed by atoms with E-state index in [1.54, 1.807) is 0 Å². The lowest BCUT2D eigenvalue weighted by Crippen LogP contribution is -2.61. The normalized spacial score (nSPS) is 53.8. The van der Waals surface area contributed by atoms with Crippen LogP contribution in [0.3, 0.4) is 0 Å². The summed E-state index contributed by atoms with van der Waals surface area (Å²) in [5, 5.41) is 10.5. The molecule has 10 rings (SSSR count). The molecule has 0 radical (unpaired) electrons. The fourth-order valence-electron chi connectivity index (χ4n) is 11.7. The highest BCUT2D eigenvalue weighted by atomic mass is 16.8. The molecule has 0 aromatic heterocycles. The summed E-state index contributed by atoms with van der Waals surface area (Å²) in [6.07, 6.45) is 6.17. The van der Waals surface area contributed by atoms with Gasteiger partial charge in [-0.2, -0.15) is 0 Å². The SMILES string of the molecule is C=C1C[C@@H]2CC[C@@]34C[C@@]5(C)O[C@H]6[C@@H](O3)[C@H]3O[C@H](CC[C@@H]3O[C@H]6[C@H]5O4)CC(=O)CC3[C@H](CC4O[C@@H](CCC1O2)C[C@@H](C)C4=C)O[C@H](C[C@H](O)CN)[C@@H]3C. The van der Waals surface area contributed by atoms with E-state index in [1.165, 1.54) is 0 Å². The van der Waals surface area contributed by atoms with Gasteiger partial charge in [-0.3, -0.25) is 4.79 Å². The van der Waals surface area contributed by atoms with E-state index in [0.717, 1.165) is 56.1 Å². The second-order valence-corrected chi connectivity index (χ2v) is 18.3. The highest BCUT2D eigenvalue weighted by molar-refractivity contribution is 5.79. The molecule has 19 atom stereocenters. The highest BCUT2D eigenvalue weighted by Crippen LogP contribution is 2.58. The van der Waals surface area contributed by atoms with Gasteiger partial charge in [0.25, 0.3) is 0 Å². The van der Waals surface area contributed by atoms with Crippen molar-refractivity contribution in [2.45, 2.75) is 201 Å². The third kappa shape index (κ3) is 6.40. The van der Waals surface area contributed by atoms with E-state index >= 15 is 0 Å². The number of aliphatic hydroxyl groups is 1. The largest absolute Gasteiger partial charge is 0.392 e. The number of rotatable bonds is 3. The van der Waals surface area contributed by atoms with Gasteiger partial charge in [0.15, 0.2) is 5.79 Å². The minimum absolute atomic E-state index is 0.00566. The fourth-order valence-corrected chi connectivity index (χ4v) is 11.7. The topological polar surface area (TPSA) is 137 Å². The number of hydrogen-bond donors (Lipinski definition) is 2. The molecular weight excluding hydrogens is 666 g/mol. The molecule has 52 heavy (non-hydrogen) atoms. The van der Waals surface area contributed by atoms with Crippen molar-refractivity contribution in [3.05, 3.63) is 24.3 Å². The molecule has 1 spiro atoms. The van der Waals surface area contributed by atoms with Crippen LogP contribution in [0, 0.1) is 17.8 Å². The van der Waals surface area contributed by atoms with Crippen molar-refractivity contribution in [1.29, 1.82) is 0 Å². The number of hydrogen-bond acceptors (Lipinski definition) is 11. The van der Waals surface area contributed by atoms with Crippen molar-refractivity contribution in [3.8, 4) is 0 Å². The zero-order chi connectivity index (χ0) is 36.1. The van der Waals surface area contributed by atoms with Gasteiger partial charge in [0.2, 0.25) is 0 Å². The van der Waals surface area contributed by atoms with Gasteiger partial charge in [0.05, 0.1) is 54.9 Å². The Morgan fingerprint density at radius 1 is 0.808 bits per heavy atom. The number of aliphatic hydroxyl groups excluding tert-OH is 1. The molecule has 3 N–H and O–H groups in total. The predicted molar refractivity (Wildman–Crippen MR) is 189 cm³/mol. The molecule has 0 aromatic carbocycles. The van der Waals surface area contributed by atoms with Gasteiger partial charge in [-0.15, -0.1) is 0 Å². The molecule has 290 valence electrons. The van der Waals surface area contributed by atoms with Gasteiger partial charge in [-0.1, -0.05) is 27.0 Å². The average molecular weight is 728 g/mol. The van der Waals surface area contributed by atoms with E-state index in [4.69, 9.17) is 43.6 Å². The van der Waals surface area contributed by atoms with Gasteiger partial charge in [-0.25, -0.2) is 0 Å². The van der Waals surface area contributed by atoms with Crippen LogP contribution in [0.5, 0.6) is 0 Å². The summed E-state index contributed by atoms with van der Waals surface area (Å²) in [6.45, 7) is 15.6. The Labute approximate surface area is 308 Å². The number of fused-ring (bicyclic) bond motifs is 6. The zero-order valence-electron chi connectivity index (χ0n) is 31.3. The van der Waals surface area contributed by atoms with Gasteiger partial charge < -0.3 is 48.7 Å². The Balaban J connectivity index is 0.994. The minimum Gasteiger partial charge on any atom is -0.392 e. The van der Waals surface area contributed by atoms with Crippen LogP contribution >= 0.6 is 0 Å². The molecule has 10 fully saturated rings. The second-order valence-electron chi connectivity index (χ2n) is 18.3. The molecule has 0 saturated carbocycles. The molecule has 0 amide bonds. The molecular formula is C41H61NO10. The molecule has 10 heterocycles. The van der Waals surface area contributed by atoms with Crippen molar-refractivity contribution in [3.63, 3.8) is 0 Å². The Morgan fingerprint density at radius 3 is 2.40 bits per heavy atom. The predicted octanol–water partition coefficient (Wildman–Crippen LogP) is 4.45. The summed E-state index contributed by atoms with van der Waals surface area (Å²) in [7, 11) is 0. The van der Waals surface area contributed by atoms with E-state index in [1.807, 2.05) is 0 Å². The second kappa shape index (κ2) is 13.7. The summed E-state index contributed by atoms with van der Waals surface area (Å²) >= 11 is 0. The maximum absolute atomic E-state index is 14.0. The zero-order valence-corrected chi connectivity index (χ0v) is 31.3. The molecule has 0 aliphatic carbocycles. The molecule has 10 aliphatic rings. The lowest BCUT2D eigenvalue weighted by atomic mass is 9.78. The van der Waals surface area contributed by atoms with Crippen LogP contribution in [0.1, 0.15) is 104 Å². The molecule has 10 aliphatic heterocycles. The molecule has 3 unspecified atom stereocenters. The van der Waals surface area contributed by atoms with Crippen LogP contribution < -0.4 is 5.73 Å². The van der Waals surface area contributed by atoms with Crippen molar-refractivity contribution in [1.82, 2.24) is 0 Å². The molecule has 10 saturated heterocycles. The van der Waals surface area contributed by atoms with E-state index in [2.05, 4.69) is 33.9 Å². The molecule has 12 bridgehead atoms. The van der Waals surface area contributed by atoms with Crippen LogP contribution in [0.4, 0.5) is 0 Å². The van der Waals surface area contributed by atoms with Gasteiger partial charge in [0, 0.05) is 45.1 Å². The van der Waals surface area contributed by atoms with E-state index in [-0.39, 0.29) is 104 Å². The quantitative estimate of drug-likeness (QED) is 0.399. The first-order valence-electron chi connectivity index (χ1n) is 20.5. The highest BCUT2D eigenvalue weighted by Gasteiger charge is 2.73. The van der Waals surface area contributed by atoms with E-state index < -0.39 is 17.5 Å². The third-order valence-electron chi connectivity index (χ3n) is 14.6. The maximum atomic E-state index is 14.0. The van der Waals surface area contributed by atoms with Crippen LogP contribution in [0.25, 0.3) is 0 Å². The standard InChI is InChI=1S/C41H61NO10/c1-20-12-26-6-8-30-21(2)13-28(45-30)10-11-41-19-40(5)39(52-41)38-37(50-40)36(51-41)35-31(49-38)9-7-27(47-35)14-24(43)15-29-23(4)32(16-25(44)18-42)48-34(29)17-33(46-26)22(20)3/h20,23,25-39,44H,2-3,6-19,42H2,1,4-5H3/t20-,23-,25+,26+,27-,28+,29?,30?,31+,32-,33?,34+,35+,36+,37+,38-,39-,40-,41-/m1/s1. The lowest BCUT2D eigenvalue weighted by Gasteiger charge is -2.47.